The minimum atomic E-state index is -0.0573. The van der Waals surface area contributed by atoms with E-state index in [2.05, 4.69) is 59.3 Å². The molecule has 1 aliphatic rings. The van der Waals surface area contributed by atoms with E-state index in [0.717, 1.165) is 82.6 Å². The minimum absolute atomic E-state index is 0.0573. The summed E-state index contributed by atoms with van der Waals surface area (Å²) in [6.07, 6.45) is 1.86. The fraction of sp³-hybridized carbons (Fsp3) is 0.206. The summed E-state index contributed by atoms with van der Waals surface area (Å²) in [5.41, 5.74) is 9.81. The third-order valence-electron chi connectivity index (χ3n) is 8.18. The predicted octanol–water partition coefficient (Wildman–Crippen LogP) is 7.41. The standard InChI is InChI=1S/C34H30ClN5O/c1-22-6-5-9-28-31(22)38-33(32(36-28)24-7-3-2-4-8-24)25-12-10-23(11-13-25)21-39-18-16-27(17-19-39)40-30-15-14-26(35)20-29(30)37-34(40)41/h2-15,20,27H,16-19,21H2,1H3,(H,37,41). The molecule has 1 saturated heterocycles. The summed E-state index contributed by atoms with van der Waals surface area (Å²) in [7, 11) is 0. The molecule has 6 nitrogen and oxygen atoms in total. The number of aryl methyl sites for hydroxylation is 1. The van der Waals surface area contributed by atoms with Gasteiger partial charge in [0, 0.05) is 41.8 Å². The molecule has 7 rings (SSSR count). The Morgan fingerprint density at radius 3 is 2.37 bits per heavy atom. The molecule has 1 N–H and O–H groups in total. The Bertz CT molecular complexity index is 1920. The molecule has 0 radical (unpaired) electrons. The highest BCUT2D eigenvalue weighted by Crippen LogP contribution is 2.32. The molecule has 0 atom stereocenters. The Labute approximate surface area is 243 Å². The second-order valence-electron chi connectivity index (χ2n) is 10.9. The zero-order chi connectivity index (χ0) is 27.9. The summed E-state index contributed by atoms with van der Waals surface area (Å²) < 4.78 is 1.91. The lowest BCUT2D eigenvalue weighted by Crippen LogP contribution is -2.36. The molecule has 0 unspecified atom stereocenters. The Morgan fingerprint density at radius 2 is 1.59 bits per heavy atom. The first-order valence-electron chi connectivity index (χ1n) is 14.1. The zero-order valence-electron chi connectivity index (χ0n) is 22.8. The number of nitrogens with one attached hydrogen (secondary N) is 1. The molecule has 7 heteroatoms. The Hall–Kier alpha value is -4.26. The fourth-order valence-corrected chi connectivity index (χ4v) is 6.22. The molecule has 1 aliphatic heterocycles. The van der Waals surface area contributed by atoms with E-state index in [-0.39, 0.29) is 11.7 Å². The van der Waals surface area contributed by atoms with Crippen LogP contribution in [0.4, 0.5) is 0 Å². The van der Waals surface area contributed by atoms with Crippen LogP contribution < -0.4 is 5.69 Å². The van der Waals surface area contributed by atoms with Crippen LogP contribution in [0.5, 0.6) is 0 Å². The van der Waals surface area contributed by atoms with Gasteiger partial charge in [-0.1, -0.05) is 78.3 Å². The van der Waals surface area contributed by atoms with E-state index in [0.29, 0.717) is 5.02 Å². The van der Waals surface area contributed by atoms with E-state index in [1.54, 1.807) is 0 Å². The lowest BCUT2D eigenvalue weighted by Gasteiger charge is -2.32. The molecular weight excluding hydrogens is 530 g/mol. The van der Waals surface area contributed by atoms with E-state index in [4.69, 9.17) is 21.6 Å². The second kappa shape index (κ2) is 10.6. The summed E-state index contributed by atoms with van der Waals surface area (Å²) in [5, 5.41) is 0.630. The van der Waals surface area contributed by atoms with Crippen molar-refractivity contribution in [2.45, 2.75) is 32.4 Å². The third-order valence-corrected chi connectivity index (χ3v) is 8.41. The number of halogens is 1. The Morgan fingerprint density at radius 1 is 0.854 bits per heavy atom. The van der Waals surface area contributed by atoms with E-state index in [1.807, 2.05) is 53.1 Å². The number of piperidine rings is 1. The second-order valence-corrected chi connectivity index (χ2v) is 11.3. The quantitative estimate of drug-likeness (QED) is 0.239. The number of likely N-dealkylation sites (tertiary alicyclic amines) is 1. The van der Waals surface area contributed by atoms with Gasteiger partial charge in [0.2, 0.25) is 0 Å². The third kappa shape index (κ3) is 4.94. The molecule has 0 amide bonds. The maximum Gasteiger partial charge on any atom is 0.326 e. The number of hydrogen-bond acceptors (Lipinski definition) is 4. The van der Waals surface area contributed by atoms with Gasteiger partial charge in [-0.2, -0.15) is 0 Å². The molecule has 0 saturated carbocycles. The maximum atomic E-state index is 12.7. The van der Waals surface area contributed by atoms with Crippen LogP contribution in [0.25, 0.3) is 44.6 Å². The molecule has 0 aliphatic carbocycles. The molecule has 3 heterocycles. The van der Waals surface area contributed by atoms with Gasteiger partial charge < -0.3 is 4.98 Å². The van der Waals surface area contributed by atoms with E-state index >= 15 is 0 Å². The van der Waals surface area contributed by atoms with Gasteiger partial charge in [0.25, 0.3) is 0 Å². The number of imidazole rings is 1. The van der Waals surface area contributed by atoms with Gasteiger partial charge in [-0.05, 0) is 55.2 Å². The number of hydrogen-bond donors (Lipinski definition) is 1. The van der Waals surface area contributed by atoms with Crippen LogP contribution in [0.15, 0.2) is 95.8 Å². The fourth-order valence-electron chi connectivity index (χ4n) is 6.04. The van der Waals surface area contributed by atoms with Crippen LogP contribution in [0.3, 0.4) is 0 Å². The molecule has 204 valence electrons. The van der Waals surface area contributed by atoms with Crippen molar-refractivity contribution < 1.29 is 0 Å². The van der Waals surface area contributed by atoms with Crippen molar-refractivity contribution in [3.8, 4) is 22.5 Å². The molecule has 0 spiro atoms. The van der Waals surface area contributed by atoms with Crippen LogP contribution in [-0.4, -0.2) is 37.5 Å². The highest BCUT2D eigenvalue weighted by Gasteiger charge is 2.24. The van der Waals surface area contributed by atoms with Crippen molar-refractivity contribution >= 4 is 33.7 Å². The highest BCUT2D eigenvalue weighted by molar-refractivity contribution is 6.31. The van der Waals surface area contributed by atoms with Gasteiger partial charge in [-0.25, -0.2) is 14.8 Å². The Kier molecular flexibility index (Phi) is 6.65. The number of H-pyrrole nitrogens is 1. The lowest BCUT2D eigenvalue weighted by molar-refractivity contribution is 0.180. The molecule has 2 aromatic heterocycles. The predicted molar refractivity (Wildman–Crippen MR) is 166 cm³/mol. The van der Waals surface area contributed by atoms with Crippen molar-refractivity contribution in [3.05, 3.63) is 118 Å². The smallest absolute Gasteiger partial charge is 0.305 e. The number of aromatic amines is 1. The summed E-state index contributed by atoms with van der Waals surface area (Å²) in [6.45, 7) is 4.83. The molecule has 41 heavy (non-hydrogen) atoms. The summed E-state index contributed by atoms with van der Waals surface area (Å²) in [5.74, 6) is 0. The largest absolute Gasteiger partial charge is 0.326 e. The van der Waals surface area contributed by atoms with Gasteiger partial charge >= 0.3 is 5.69 Å². The summed E-state index contributed by atoms with van der Waals surface area (Å²) in [4.78, 5) is 28.3. The van der Waals surface area contributed by atoms with Crippen LogP contribution in [-0.2, 0) is 6.54 Å². The first kappa shape index (κ1) is 25.7. The van der Waals surface area contributed by atoms with Gasteiger partial charge in [0.15, 0.2) is 0 Å². The Balaban J connectivity index is 1.10. The summed E-state index contributed by atoms with van der Waals surface area (Å²) in [6, 6.07) is 31.0. The number of rotatable bonds is 5. The molecule has 0 bridgehead atoms. The number of nitrogens with zero attached hydrogens (tertiary/aromatic N) is 4. The zero-order valence-corrected chi connectivity index (χ0v) is 23.6. The van der Waals surface area contributed by atoms with E-state index in [1.165, 1.54) is 5.56 Å². The molecule has 1 fully saturated rings. The van der Waals surface area contributed by atoms with Crippen molar-refractivity contribution in [1.82, 2.24) is 24.4 Å². The number of benzene rings is 4. The van der Waals surface area contributed by atoms with Crippen molar-refractivity contribution in [2.24, 2.45) is 0 Å². The minimum Gasteiger partial charge on any atom is -0.305 e. The number of fused-ring (bicyclic) bond motifs is 2. The van der Waals surface area contributed by atoms with Crippen LogP contribution in [0, 0.1) is 6.92 Å². The van der Waals surface area contributed by atoms with Crippen LogP contribution in [0.1, 0.15) is 30.0 Å². The molecule has 4 aromatic carbocycles. The van der Waals surface area contributed by atoms with Gasteiger partial charge in [0.1, 0.15) is 0 Å². The summed E-state index contributed by atoms with van der Waals surface area (Å²) >= 11 is 6.13. The first-order valence-corrected chi connectivity index (χ1v) is 14.5. The average molecular weight is 560 g/mol. The average Bonchev–Trinajstić information content (AvgIpc) is 3.32. The first-order chi connectivity index (χ1) is 20.0. The normalized spacial score (nSPS) is 14.7. The monoisotopic (exact) mass is 559 g/mol. The highest BCUT2D eigenvalue weighted by atomic mass is 35.5. The van der Waals surface area contributed by atoms with Gasteiger partial charge in [-0.15, -0.1) is 0 Å². The van der Waals surface area contributed by atoms with Crippen molar-refractivity contribution in [2.75, 3.05) is 13.1 Å². The van der Waals surface area contributed by atoms with Gasteiger partial charge in [0.05, 0.1) is 33.5 Å². The lowest BCUT2D eigenvalue weighted by atomic mass is 10.0. The number of para-hydroxylation sites is 1. The van der Waals surface area contributed by atoms with E-state index in [9.17, 15) is 4.79 Å². The molecule has 6 aromatic rings. The van der Waals surface area contributed by atoms with Crippen LogP contribution in [0.2, 0.25) is 5.02 Å². The SMILES string of the molecule is Cc1cccc2nc(-c3ccccc3)c(-c3ccc(CN4CCC(n5c(=O)[nH]c6cc(Cl)ccc65)CC4)cc3)nc12. The topological polar surface area (TPSA) is 66.8 Å². The van der Waals surface area contributed by atoms with Gasteiger partial charge in [-0.3, -0.25) is 9.47 Å². The van der Waals surface area contributed by atoms with E-state index < -0.39 is 0 Å². The molecular formula is C34H30ClN5O. The van der Waals surface area contributed by atoms with Crippen LogP contribution >= 0.6 is 11.6 Å². The van der Waals surface area contributed by atoms with Crippen molar-refractivity contribution in [1.29, 1.82) is 0 Å². The number of aromatic nitrogens is 4. The maximum absolute atomic E-state index is 12.7. The van der Waals surface area contributed by atoms with Crippen molar-refractivity contribution in [3.63, 3.8) is 0 Å².